The van der Waals surface area contributed by atoms with Crippen LogP contribution in [0.15, 0.2) is 35.8 Å². The van der Waals surface area contributed by atoms with Crippen molar-refractivity contribution in [3.8, 4) is 0 Å². The first kappa shape index (κ1) is 15.3. The summed E-state index contributed by atoms with van der Waals surface area (Å²) in [5.41, 5.74) is 1.23. The fourth-order valence-corrected chi connectivity index (χ4v) is 3.09. The number of H-pyrrole nitrogens is 2. The minimum absolute atomic E-state index is 0.0300. The Morgan fingerprint density at radius 3 is 2.84 bits per heavy atom. The zero-order valence-electron chi connectivity index (χ0n) is 13.4. The van der Waals surface area contributed by atoms with E-state index in [4.69, 9.17) is 0 Å². The van der Waals surface area contributed by atoms with Crippen LogP contribution < -0.4 is 15.8 Å². The molecule has 0 unspecified atom stereocenters. The second-order valence-corrected chi connectivity index (χ2v) is 5.95. The first-order valence-electron chi connectivity index (χ1n) is 8.10. The number of amides is 1. The van der Waals surface area contributed by atoms with Gasteiger partial charge in [0.15, 0.2) is 11.5 Å². The van der Waals surface area contributed by atoms with Gasteiger partial charge >= 0.3 is 0 Å². The number of nitrogens with one attached hydrogen (secondary N) is 3. The van der Waals surface area contributed by atoms with Gasteiger partial charge in [-0.1, -0.05) is 0 Å². The summed E-state index contributed by atoms with van der Waals surface area (Å²) in [7, 11) is 0. The van der Waals surface area contributed by atoms with Gasteiger partial charge in [-0.2, -0.15) is 0 Å². The van der Waals surface area contributed by atoms with Gasteiger partial charge in [-0.25, -0.2) is 15.0 Å². The molecule has 0 atom stereocenters. The van der Waals surface area contributed by atoms with E-state index in [2.05, 4.69) is 35.1 Å². The summed E-state index contributed by atoms with van der Waals surface area (Å²) in [4.78, 5) is 44.3. The molecule has 0 radical (unpaired) electrons. The predicted octanol–water partition coefficient (Wildman–Crippen LogP) is 0.440. The topological polar surface area (TPSA) is 120 Å². The Morgan fingerprint density at radius 1 is 1.20 bits per heavy atom. The van der Waals surface area contributed by atoms with Crippen molar-refractivity contribution in [2.75, 3.05) is 18.0 Å². The van der Waals surface area contributed by atoms with Gasteiger partial charge < -0.3 is 20.2 Å². The maximum Gasteiger partial charge on any atom is 0.260 e. The number of carbonyl (C=O) groups excluding carboxylic acids is 1. The molecule has 4 heterocycles. The number of pyridine rings is 1. The van der Waals surface area contributed by atoms with E-state index in [1.165, 1.54) is 18.6 Å². The molecule has 1 saturated heterocycles. The third-order valence-electron chi connectivity index (χ3n) is 4.40. The SMILES string of the molecule is O=C(NC1CCN(c2ncnc3nc[nH]c23)CC1)c1ccc[nH]c1=O. The van der Waals surface area contributed by atoms with Crippen molar-refractivity contribution < 1.29 is 4.79 Å². The van der Waals surface area contributed by atoms with E-state index in [0.717, 1.165) is 37.3 Å². The molecule has 0 saturated carbocycles. The number of rotatable bonds is 3. The standard InChI is InChI=1S/C16H17N7O2/c24-15-11(2-1-5-17-15)16(25)22-10-3-6-23(7-4-10)14-12-13(19-8-18-12)20-9-21-14/h1-2,5,8-10H,3-4,6-7H2,(H,17,24)(H,22,25)(H,18,19,20,21). The molecule has 3 aromatic heterocycles. The van der Waals surface area contributed by atoms with Gasteiger partial charge in [0, 0.05) is 25.3 Å². The lowest BCUT2D eigenvalue weighted by Gasteiger charge is -2.33. The summed E-state index contributed by atoms with van der Waals surface area (Å²) in [5, 5.41) is 2.94. The molecule has 1 fully saturated rings. The molecule has 9 heteroatoms. The maximum atomic E-state index is 12.2. The maximum absolute atomic E-state index is 12.2. The number of fused-ring (bicyclic) bond motifs is 1. The zero-order chi connectivity index (χ0) is 17.2. The lowest BCUT2D eigenvalue weighted by molar-refractivity contribution is 0.0929. The van der Waals surface area contributed by atoms with Crippen molar-refractivity contribution in [2.24, 2.45) is 0 Å². The molecule has 0 aliphatic carbocycles. The molecule has 0 aromatic carbocycles. The van der Waals surface area contributed by atoms with Gasteiger partial charge in [0.1, 0.15) is 17.4 Å². The third-order valence-corrected chi connectivity index (χ3v) is 4.40. The monoisotopic (exact) mass is 339 g/mol. The molecular formula is C16H17N7O2. The van der Waals surface area contributed by atoms with Gasteiger partial charge in [0.05, 0.1) is 6.33 Å². The van der Waals surface area contributed by atoms with Crippen LogP contribution in [0, 0.1) is 0 Å². The number of nitrogens with zero attached hydrogens (tertiary/aromatic N) is 4. The number of aromatic amines is 2. The lowest BCUT2D eigenvalue weighted by atomic mass is 10.0. The van der Waals surface area contributed by atoms with Crippen molar-refractivity contribution in [1.82, 2.24) is 30.2 Å². The molecule has 0 bridgehead atoms. The predicted molar refractivity (Wildman–Crippen MR) is 91.4 cm³/mol. The van der Waals surface area contributed by atoms with Crippen molar-refractivity contribution in [1.29, 1.82) is 0 Å². The van der Waals surface area contributed by atoms with E-state index in [-0.39, 0.29) is 23.1 Å². The second kappa shape index (κ2) is 6.34. The summed E-state index contributed by atoms with van der Waals surface area (Å²) < 4.78 is 0. The molecule has 1 amide bonds. The number of aromatic nitrogens is 5. The quantitative estimate of drug-likeness (QED) is 0.637. The number of imidazole rings is 1. The smallest absolute Gasteiger partial charge is 0.260 e. The van der Waals surface area contributed by atoms with Crippen LogP contribution in [-0.2, 0) is 0 Å². The summed E-state index contributed by atoms with van der Waals surface area (Å²) in [5.74, 6) is 0.491. The zero-order valence-corrected chi connectivity index (χ0v) is 13.4. The molecule has 25 heavy (non-hydrogen) atoms. The first-order valence-corrected chi connectivity index (χ1v) is 8.10. The van der Waals surface area contributed by atoms with Crippen LogP contribution in [0.1, 0.15) is 23.2 Å². The molecule has 1 aliphatic rings. The molecule has 4 rings (SSSR count). The molecule has 1 aliphatic heterocycles. The Labute approximate surface area is 142 Å². The van der Waals surface area contributed by atoms with Gasteiger partial charge in [-0.05, 0) is 25.0 Å². The highest BCUT2D eigenvalue weighted by Crippen LogP contribution is 2.23. The number of piperidine rings is 1. The van der Waals surface area contributed by atoms with Crippen molar-refractivity contribution in [3.63, 3.8) is 0 Å². The number of carbonyl (C=O) groups is 1. The fourth-order valence-electron chi connectivity index (χ4n) is 3.09. The first-order chi connectivity index (χ1) is 12.2. The highest BCUT2D eigenvalue weighted by atomic mass is 16.2. The minimum atomic E-state index is -0.375. The Morgan fingerprint density at radius 2 is 2.04 bits per heavy atom. The van der Waals surface area contributed by atoms with Crippen LogP contribution in [0.3, 0.4) is 0 Å². The largest absolute Gasteiger partial charge is 0.355 e. The molecule has 9 nitrogen and oxygen atoms in total. The van der Waals surface area contributed by atoms with Crippen LogP contribution in [0.5, 0.6) is 0 Å². The van der Waals surface area contributed by atoms with E-state index >= 15 is 0 Å². The average Bonchev–Trinajstić information content (AvgIpc) is 3.11. The second-order valence-electron chi connectivity index (χ2n) is 5.95. The summed E-state index contributed by atoms with van der Waals surface area (Å²) in [6.45, 7) is 1.50. The van der Waals surface area contributed by atoms with Gasteiger partial charge in [-0.3, -0.25) is 9.59 Å². The van der Waals surface area contributed by atoms with Crippen LogP contribution in [-0.4, -0.2) is 50.0 Å². The highest BCUT2D eigenvalue weighted by Gasteiger charge is 2.24. The molecule has 3 aromatic rings. The Kier molecular flexibility index (Phi) is 3.88. The van der Waals surface area contributed by atoms with Gasteiger partial charge in [0.25, 0.3) is 11.5 Å². The Bertz CT molecular complexity index is 956. The van der Waals surface area contributed by atoms with Crippen LogP contribution in [0.4, 0.5) is 5.82 Å². The molecule has 128 valence electrons. The average molecular weight is 339 g/mol. The van der Waals surface area contributed by atoms with E-state index < -0.39 is 0 Å². The molecule has 0 spiro atoms. The highest BCUT2D eigenvalue weighted by molar-refractivity contribution is 5.94. The van der Waals surface area contributed by atoms with Crippen LogP contribution >= 0.6 is 0 Å². The fraction of sp³-hybridized carbons (Fsp3) is 0.312. The number of hydrogen-bond donors (Lipinski definition) is 3. The van der Waals surface area contributed by atoms with E-state index in [0.29, 0.717) is 5.65 Å². The lowest BCUT2D eigenvalue weighted by Crippen LogP contribution is -2.45. The summed E-state index contributed by atoms with van der Waals surface area (Å²) in [6, 6.07) is 3.20. The van der Waals surface area contributed by atoms with Gasteiger partial charge in [-0.15, -0.1) is 0 Å². The van der Waals surface area contributed by atoms with Crippen molar-refractivity contribution in [2.45, 2.75) is 18.9 Å². The van der Waals surface area contributed by atoms with Crippen molar-refractivity contribution >= 4 is 22.9 Å². The number of anilines is 1. The normalized spacial score (nSPS) is 15.4. The minimum Gasteiger partial charge on any atom is -0.355 e. The van der Waals surface area contributed by atoms with E-state index in [1.807, 2.05) is 0 Å². The molecule has 3 N–H and O–H groups in total. The Hall–Kier alpha value is -3.23. The number of hydrogen-bond acceptors (Lipinski definition) is 6. The summed E-state index contributed by atoms with van der Waals surface area (Å²) >= 11 is 0. The van der Waals surface area contributed by atoms with E-state index in [1.54, 1.807) is 12.4 Å². The van der Waals surface area contributed by atoms with Crippen molar-refractivity contribution in [3.05, 3.63) is 46.9 Å². The van der Waals surface area contributed by atoms with Crippen LogP contribution in [0.2, 0.25) is 0 Å². The van der Waals surface area contributed by atoms with E-state index in [9.17, 15) is 9.59 Å². The van der Waals surface area contributed by atoms with Gasteiger partial charge in [0.2, 0.25) is 0 Å². The summed E-state index contributed by atoms with van der Waals surface area (Å²) in [6.07, 6.45) is 6.17. The molecular weight excluding hydrogens is 322 g/mol. The third kappa shape index (κ3) is 2.95. The Balaban J connectivity index is 1.42. The van der Waals surface area contributed by atoms with Crippen LogP contribution in [0.25, 0.3) is 11.2 Å².